The van der Waals surface area contributed by atoms with Crippen molar-refractivity contribution in [2.75, 3.05) is 36.1 Å². The van der Waals surface area contributed by atoms with Crippen LogP contribution in [0.2, 0.25) is 0 Å². The van der Waals surface area contributed by atoms with Crippen molar-refractivity contribution in [3.05, 3.63) is 35.9 Å². The summed E-state index contributed by atoms with van der Waals surface area (Å²) in [4.78, 5) is 14.5. The van der Waals surface area contributed by atoms with Crippen LogP contribution in [0, 0.1) is 0 Å². The van der Waals surface area contributed by atoms with Gasteiger partial charge in [-0.2, -0.15) is 0 Å². The summed E-state index contributed by atoms with van der Waals surface area (Å²) in [6.07, 6.45) is 1.02. The van der Waals surface area contributed by atoms with Crippen LogP contribution in [-0.4, -0.2) is 75.8 Å². The Morgan fingerprint density at radius 1 is 1.00 bits per heavy atom. The van der Waals surface area contributed by atoms with Crippen molar-refractivity contribution < 1.29 is 21.6 Å². The van der Waals surface area contributed by atoms with Gasteiger partial charge in [0, 0.05) is 30.7 Å². The normalized spacial score (nSPS) is 26.6. The number of nitrogens with zero attached hydrogens (tertiary/aromatic N) is 1. The average Bonchev–Trinajstić information content (AvgIpc) is 3.13. The Hall–Kier alpha value is -1.45. The van der Waals surface area contributed by atoms with Gasteiger partial charge in [-0.3, -0.25) is 4.79 Å². The molecule has 2 fully saturated rings. The summed E-state index contributed by atoms with van der Waals surface area (Å²) in [5, 5.41) is 3.20. The summed E-state index contributed by atoms with van der Waals surface area (Å²) in [7, 11) is -6.06. The van der Waals surface area contributed by atoms with Gasteiger partial charge in [-0.1, -0.05) is 18.2 Å². The highest BCUT2D eigenvalue weighted by molar-refractivity contribution is 7.91. The van der Waals surface area contributed by atoms with E-state index in [4.69, 9.17) is 0 Å². The van der Waals surface area contributed by atoms with Crippen molar-refractivity contribution in [1.29, 1.82) is 0 Å². The second-order valence-electron chi connectivity index (χ2n) is 6.98. The van der Waals surface area contributed by atoms with Crippen LogP contribution in [0.5, 0.6) is 0 Å². The monoisotopic (exact) mass is 400 g/mol. The topological polar surface area (TPSA) is 101 Å². The summed E-state index contributed by atoms with van der Waals surface area (Å²) in [6, 6.07) is 8.38. The van der Waals surface area contributed by atoms with Gasteiger partial charge in [-0.15, -0.1) is 0 Å². The predicted molar refractivity (Wildman–Crippen MR) is 99.6 cm³/mol. The lowest BCUT2D eigenvalue weighted by Crippen LogP contribution is -2.46. The van der Waals surface area contributed by atoms with Gasteiger partial charge < -0.3 is 10.2 Å². The first kappa shape index (κ1) is 19.3. The van der Waals surface area contributed by atoms with Gasteiger partial charge in [0.1, 0.15) is 0 Å². The minimum absolute atomic E-state index is 0.0105. The standard InChI is InChI=1S/C17H24N2O5S2/c20-17(14-4-2-1-3-5-14)19(16-7-11-26(23,24)13-16)9-8-18-15-6-10-25(21,22)12-15/h1-5,15-16,18H,6-13H2. The molecule has 2 aliphatic rings. The zero-order chi connectivity index (χ0) is 18.8. The Morgan fingerprint density at radius 2 is 1.65 bits per heavy atom. The first-order chi connectivity index (χ1) is 12.3. The fourth-order valence-corrected chi connectivity index (χ4v) is 7.00. The average molecular weight is 401 g/mol. The molecule has 0 saturated carbocycles. The van der Waals surface area contributed by atoms with Gasteiger partial charge in [-0.25, -0.2) is 16.8 Å². The van der Waals surface area contributed by atoms with E-state index in [1.54, 1.807) is 29.2 Å². The smallest absolute Gasteiger partial charge is 0.254 e. The molecular weight excluding hydrogens is 376 g/mol. The third kappa shape index (κ3) is 4.83. The highest BCUT2D eigenvalue weighted by Gasteiger charge is 2.35. The summed E-state index contributed by atoms with van der Waals surface area (Å²) >= 11 is 0. The zero-order valence-electron chi connectivity index (χ0n) is 14.5. The van der Waals surface area contributed by atoms with Crippen molar-refractivity contribution in [2.45, 2.75) is 24.9 Å². The molecule has 1 amide bonds. The molecule has 3 rings (SSSR count). The number of hydrogen-bond acceptors (Lipinski definition) is 6. The zero-order valence-corrected chi connectivity index (χ0v) is 16.1. The molecule has 1 aromatic carbocycles. The molecule has 0 aliphatic carbocycles. The maximum Gasteiger partial charge on any atom is 0.254 e. The SMILES string of the molecule is O=C(c1ccccc1)N(CCNC1CCS(=O)(=O)C1)C1CCS(=O)(=O)C1. The number of carbonyl (C=O) groups is 1. The minimum Gasteiger partial charge on any atom is -0.333 e. The number of benzene rings is 1. The van der Waals surface area contributed by atoms with Crippen LogP contribution >= 0.6 is 0 Å². The number of carbonyl (C=O) groups excluding carboxylic acids is 1. The Morgan fingerprint density at radius 3 is 2.23 bits per heavy atom. The molecule has 1 aromatic rings. The molecule has 7 nitrogen and oxygen atoms in total. The number of nitrogens with one attached hydrogen (secondary N) is 1. The van der Waals surface area contributed by atoms with E-state index in [1.807, 2.05) is 6.07 Å². The maximum atomic E-state index is 12.9. The van der Waals surface area contributed by atoms with Crippen LogP contribution in [0.25, 0.3) is 0 Å². The van der Waals surface area contributed by atoms with Gasteiger partial charge in [0.25, 0.3) is 5.91 Å². The lowest BCUT2D eigenvalue weighted by Gasteiger charge is -2.29. The quantitative estimate of drug-likeness (QED) is 0.727. The van der Waals surface area contributed by atoms with E-state index in [2.05, 4.69) is 5.32 Å². The van der Waals surface area contributed by atoms with Gasteiger partial charge >= 0.3 is 0 Å². The van der Waals surface area contributed by atoms with Gasteiger partial charge in [0.05, 0.1) is 23.0 Å². The lowest BCUT2D eigenvalue weighted by atomic mass is 10.1. The molecule has 26 heavy (non-hydrogen) atoms. The van der Waals surface area contributed by atoms with Gasteiger partial charge in [0.15, 0.2) is 19.7 Å². The van der Waals surface area contributed by atoms with Crippen LogP contribution < -0.4 is 5.32 Å². The number of rotatable bonds is 6. The molecule has 1 N–H and O–H groups in total. The summed E-state index contributed by atoms with van der Waals surface area (Å²) < 4.78 is 46.8. The largest absolute Gasteiger partial charge is 0.333 e. The molecule has 0 radical (unpaired) electrons. The van der Waals surface area contributed by atoms with Crippen LogP contribution in [0.3, 0.4) is 0 Å². The molecule has 0 spiro atoms. The Balaban J connectivity index is 1.66. The summed E-state index contributed by atoms with van der Waals surface area (Å²) in [5.41, 5.74) is 0.528. The molecule has 144 valence electrons. The van der Waals surface area contributed by atoms with Crippen molar-refractivity contribution in [2.24, 2.45) is 0 Å². The molecule has 9 heteroatoms. The van der Waals surface area contributed by atoms with Crippen molar-refractivity contribution in [3.63, 3.8) is 0 Å². The van der Waals surface area contributed by atoms with Crippen LogP contribution in [0.4, 0.5) is 0 Å². The number of amides is 1. The van der Waals surface area contributed by atoms with Crippen LogP contribution in [-0.2, 0) is 19.7 Å². The highest BCUT2D eigenvalue weighted by Crippen LogP contribution is 2.20. The fourth-order valence-electron chi connectivity index (χ4n) is 3.56. The Kier molecular flexibility index (Phi) is 5.69. The van der Waals surface area contributed by atoms with Crippen molar-refractivity contribution in [3.8, 4) is 0 Å². The molecular formula is C17H24N2O5S2. The fraction of sp³-hybridized carbons (Fsp3) is 0.588. The van der Waals surface area contributed by atoms with Gasteiger partial charge in [0.2, 0.25) is 0 Å². The number of sulfone groups is 2. The predicted octanol–water partition coefficient (Wildman–Crippen LogP) is 0.0926. The molecule has 2 atom stereocenters. The van der Waals surface area contributed by atoms with E-state index < -0.39 is 19.7 Å². The van der Waals surface area contributed by atoms with Gasteiger partial charge in [-0.05, 0) is 25.0 Å². The maximum absolute atomic E-state index is 12.9. The summed E-state index contributed by atoms with van der Waals surface area (Å²) in [6.45, 7) is 0.791. The molecule has 2 aliphatic heterocycles. The lowest BCUT2D eigenvalue weighted by molar-refractivity contribution is 0.0697. The van der Waals surface area contributed by atoms with Crippen LogP contribution in [0.15, 0.2) is 30.3 Å². The molecule has 0 aromatic heterocycles. The highest BCUT2D eigenvalue weighted by atomic mass is 32.2. The van der Waals surface area contributed by atoms with E-state index in [1.165, 1.54) is 0 Å². The second-order valence-corrected chi connectivity index (χ2v) is 11.4. The first-order valence-corrected chi connectivity index (χ1v) is 12.4. The molecule has 2 saturated heterocycles. The first-order valence-electron chi connectivity index (χ1n) is 8.76. The number of hydrogen-bond donors (Lipinski definition) is 1. The van der Waals surface area contributed by atoms with Crippen molar-refractivity contribution >= 4 is 25.6 Å². The Bertz CT molecular complexity index is 852. The minimum atomic E-state index is -3.11. The van der Waals surface area contributed by atoms with Crippen LogP contribution in [0.1, 0.15) is 23.2 Å². The second kappa shape index (κ2) is 7.66. The summed E-state index contributed by atoms with van der Waals surface area (Å²) in [5.74, 6) is 0.220. The molecule has 0 bridgehead atoms. The van der Waals surface area contributed by atoms with E-state index in [9.17, 15) is 21.6 Å². The van der Waals surface area contributed by atoms with E-state index in [-0.39, 0.29) is 41.0 Å². The Labute approximate surface area is 154 Å². The third-order valence-corrected chi connectivity index (χ3v) is 8.47. The van der Waals surface area contributed by atoms with E-state index in [0.29, 0.717) is 31.5 Å². The third-order valence-electron chi connectivity index (χ3n) is 4.95. The molecule has 2 unspecified atom stereocenters. The molecule has 2 heterocycles. The van der Waals surface area contributed by atoms with E-state index >= 15 is 0 Å². The van der Waals surface area contributed by atoms with E-state index in [0.717, 1.165) is 0 Å². The van der Waals surface area contributed by atoms with Crippen molar-refractivity contribution in [1.82, 2.24) is 10.2 Å².